The summed E-state index contributed by atoms with van der Waals surface area (Å²) >= 11 is 0. The molecule has 0 aliphatic heterocycles. The van der Waals surface area contributed by atoms with Crippen molar-refractivity contribution < 1.29 is 9.53 Å². The molecule has 1 aromatic rings. The molecular weight excluding hydrogens is 238 g/mol. The first-order chi connectivity index (χ1) is 8.90. The van der Waals surface area contributed by atoms with Crippen LogP contribution >= 0.6 is 0 Å². The normalized spacial score (nSPS) is 21.6. The minimum absolute atomic E-state index is 0.0387. The number of aryl methyl sites for hydroxylation is 1. The van der Waals surface area contributed by atoms with Gasteiger partial charge in [-0.25, -0.2) is 0 Å². The first kappa shape index (κ1) is 12.5. The molecule has 0 atom stereocenters. The lowest BCUT2D eigenvalue weighted by Crippen LogP contribution is -2.21. The van der Waals surface area contributed by atoms with Crippen LogP contribution in [0.1, 0.15) is 45.1 Å². The fourth-order valence-electron chi connectivity index (χ4n) is 2.08. The van der Waals surface area contributed by atoms with Crippen LogP contribution in [0.25, 0.3) is 0 Å². The van der Waals surface area contributed by atoms with Gasteiger partial charge < -0.3 is 10.1 Å². The van der Waals surface area contributed by atoms with E-state index in [1.165, 1.54) is 0 Å². The number of anilines is 1. The molecule has 2 fully saturated rings. The Kier molecular flexibility index (Phi) is 2.63. The van der Waals surface area contributed by atoms with Crippen molar-refractivity contribution in [2.24, 2.45) is 5.41 Å². The van der Waals surface area contributed by atoms with Crippen molar-refractivity contribution in [3.8, 4) is 5.75 Å². The maximum atomic E-state index is 12.0. The van der Waals surface area contributed by atoms with E-state index in [1.54, 1.807) is 0 Å². The molecular formula is C16H21NO2. The predicted octanol–water partition coefficient (Wildman–Crippen LogP) is 3.66. The molecule has 3 rings (SSSR count). The van der Waals surface area contributed by atoms with Crippen LogP contribution in [0.15, 0.2) is 18.2 Å². The summed E-state index contributed by atoms with van der Waals surface area (Å²) in [5, 5.41) is 3.00. The van der Waals surface area contributed by atoms with Gasteiger partial charge >= 0.3 is 0 Å². The third-order valence-electron chi connectivity index (χ3n) is 4.29. The number of nitrogens with one attached hydrogen (secondary N) is 1. The summed E-state index contributed by atoms with van der Waals surface area (Å²) in [6.07, 6.45) is 4.25. The Morgan fingerprint density at radius 2 is 1.89 bits per heavy atom. The molecule has 0 aromatic heterocycles. The summed E-state index contributed by atoms with van der Waals surface area (Å²) in [6, 6.07) is 5.88. The largest absolute Gasteiger partial charge is 0.487 e. The molecule has 0 spiro atoms. The van der Waals surface area contributed by atoms with E-state index in [0.29, 0.717) is 0 Å². The number of carbonyl (C=O) groups is 1. The number of carbonyl (C=O) groups excluding carboxylic acids is 1. The molecule has 0 unspecified atom stereocenters. The molecule has 2 aliphatic carbocycles. The van der Waals surface area contributed by atoms with E-state index in [2.05, 4.69) is 12.2 Å². The van der Waals surface area contributed by atoms with Crippen LogP contribution < -0.4 is 10.1 Å². The van der Waals surface area contributed by atoms with Gasteiger partial charge in [-0.1, -0.05) is 6.92 Å². The first-order valence-corrected chi connectivity index (χ1v) is 7.01. The van der Waals surface area contributed by atoms with Gasteiger partial charge in [0, 0.05) is 11.1 Å². The van der Waals surface area contributed by atoms with Gasteiger partial charge in [-0.05, 0) is 63.3 Å². The SMILES string of the molecule is Cc1cc(NC(=O)C2(C)CC2)ccc1OC1(C)CC1. The molecule has 102 valence electrons. The van der Waals surface area contributed by atoms with Crippen LogP contribution in [0.4, 0.5) is 5.69 Å². The number of hydrogen-bond donors (Lipinski definition) is 1. The zero-order valence-electron chi connectivity index (χ0n) is 11.9. The highest BCUT2D eigenvalue weighted by Crippen LogP contribution is 2.46. The second kappa shape index (κ2) is 3.99. The average molecular weight is 259 g/mol. The fraction of sp³-hybridized carbons (Fsp3) is 0.562. The first-order valence-electron chi connectivity index (χ1n) is 7.01. The Morgan fingerprint density at radius 1 is 1.21 bits per heavy atom. The van der Waals surface area contributed by atoms with E-state index in [-0.39, 0.29) is 16.9 Å². The Labute approximate surface area is 114 Å². The maximum Gasteiger partial charge on any atom is 0.230 e. The molecule has 19 heavy (non-hydrogen) atoms. The summed E-state index contributed by atoms with van der Waals surface area (Å²) in [5.41, 5.74) is 1.84. The lowest BCUT2D eigenvalue weighted by Gasteiger charge is -2.16. The third-order valence-corrected chi connectivity index (χ3v) is 4.29. The van der Waals surface area contributed by atoms with E-state index < -0.39 is 0 Å². The van der Waals surface area contributed by atoms with Gasteiger partial charge in [-0.15, -0.1) is 0 Å². The minimum Gasteiger partial charge on any atom is -0.487 e. The second-order valence-electron chi connectivity index (χ2n) is 6.55. The van der Waals surface area contributed by atoms with Gasteiger partial charge in [0.2, 0.25) is 5.91 Å². The monoisotopic (exact) mass is 259 g/mol. The minimum atomic E-state index is -0.134. The molecule has 1 N–H and O–H groups in total. The second-order valence-corrected chi connectivity index (χ2v) is 6.55. The molecule has 0 bridgehead atoms. The van der Waals surface area contributed by atoms with E-state index in [4.69, 9.17) is 4.74 Å². The van der Waals surface area contributed by atoms with Crippen molar-refractivity contribution in [3.05, 3.63) is 23.8 Å². The van der Waals surface area contributed by atoms with Crippen molar-refractivity contribution in [2.75, 3.05) is 5.32 Å². The lowest BCUT2D eigenvalue weighted by atomic mass is 10.1. The van der Waals surface area contributed by atoms with Gasteiger partial charge in [-0.2, -0.15) is 0 Å². The summed E-state index contributed by atoms with van der Waals surface area (Å²) in [6.45, 7) is 6.17. The predicted molar refractivity (Wildman–Crippen MR) is 75.4 cm³/mol. The molecule has 0 heterocycles. The number of amides is 1. The summed E-state index contributed by atoms with van der Waals surface area (Å²) in [4.78, 5) is 12.0. The summed E-state index contributed by atoms with van der Waals surface area (Å²) in [7, 11) is 0. The number of benzene rings is 1. The highest BCUT2D eigenvalue weighted by molar-refractivity contribution is 5.96. The molecule has 0 radical (unpaired) electrons. The Balaban J connectivity index is 1.70. The van der Waals surface area contributed by atoms with Crippen LogP contribution in [0, 0.1) is 12.3 Å². The van der Waals surface area contributed by atoms with Crippen LogP contribution in [0.5, 0.6) is 5.75 Å². The van der Waals surface area contributed by atoms with Crippen LogP contribution in [0.3, 0.4) is 0 Å². The quantitative estimate of drug-likeness (QED) is 0.896. The summed E-state index contributed by atoms with van der Waals surface area (Å²) < 4.78 is 5.97. The van der Waals surface area contributed by atoms with Crippen LogP contribution in [-0.4, -0.2) is 11.5 Å². The van der Waals surface area contributed by atoms with Crippen LogP contribution in [-0.2, 0) is 4.79 Å². The maximum absolute atomic E-state index is 12.0. The molecule has 1 aromatic carbocycles. The lowest BCUT2D eigenvalue weighted by molar-refractivity contribution is -0.120. The van der Waals surface area contributed by atoms with Crippen molar-refractivity contribution >= 4 is 11.6 Å². The molecule has 1 amide bonds. The average Bonchev–Trinajstić information content (AvgIpc) is 3.24. The van der Waals surface area contributed by atoms with E-state index in [9.17, 15) is 4.79 Å². The summed E-state index contributed by atoms with van der Waals surface area (Å²) in [5.74, 6) is 1.06. The molecule has 2 saturated carbocycles. The van der Waals surface area contributed by atoms with Gasteiger partial charge in [0.25, 0.3) is 0 Å². The van der Waals surface area contributed by atoms with Crippen LogP contribution in [0.2, 0.25) is 0 Å². The standard InChI is InChI=1S/C16H21NO2/c1-11-10-12(17-14(18)15(2)6-7-15)4-5-13(11)19-16(3)8-9-16/h4-5,10H,6-9H2,1-3H3,(H,17,18). The molecule has 2 aliphatic rings. The zero-order chi connectivity index (χ0) is 13.7. The molecule has 3 heteroatoms. The number of rotatable bonds is 4. The molecule has 3 nitrogen and oxygen atoms in total. The topological polar surface area (TPSA) is 38.3 Å². The van der Waals surface area contributed by atoms with Gasteiger partial charge in [0.1, 0.15) is 11.4 Å². The fourth-order valence-corrected chi connectivity index (χ4v) is 2.08. The Morgan fingerprint density at radius 3 is 2.42 bits per heavy atom. The van der Waals surface area contributed by atoms with Crippen molar-refractivity contribution in [2.45, 2.75) is 52.1 Å². The van der Waals surface area contributed by atoms with E-state index in [1.807, 2.05) is 32.0 Å². The zero-order valence-corrected chi connectivity index (χ0v) is 11.9. The number of ether oxygens (including phenoxy) is 1. The van der Waals surface area contributed by atoms with E-state index in [0.717, 1.165) is 42.7 Å². The van der Waals surface area contributed by atoms with E-state index >= 15 is 0 Å². The van der Waals surface area contributed by atoms with Crippen molar-refractivity contribution in [1.29, 1.82) is 0 Å². The molecule has 0 saturated heterocycles. The third kappa shape index (κ3) is 2.60. The van der Waals surface area contributed by atoms with Crippen molar-refractivity contribution in [3.63, 3.8) is 0 Å². The van der Waals surface area contributed by atoms with Gasteiger partial charge in [0.05, 0.1) is 0 Å². The highest BCUT2D eigenvalue weighted by Gasteiger charge is 2.45. The highest BCUT2D eigenvalue weighted by atomic mass is 16.5. The van der Waals surface area contributed by atoms with Gasteiger partial charge in [0.15, 0.2) is 0 Å². The smallest absolute Gasteiger partial charge is 0.230 e. The Bertz CT molecular complexity index is 528. The van der Waals surface area contributed by atoms with Gasteiger partial charge in [-0.3, -0.25) is 4.79 Å². The van der Waals surface area contributed by atoms with Crippen molar-refractivity contribution in [1.82, 2.24) is 0 Å². The Hall–Kier alpha value is -1.51. The number of hydrogen-bond acceptors (Lipinski definition) is 2.